The van der Waals surface area contributed by atoms with Gasteiger partial charge in [0.2, 0.25) is 5.91 Å². The number of carboxylic acids is 1. The Labute approximate surface area is 129 Å². The predicted octanol–water partition coefficient (Wildman–Crippen LogP) is 3.41. The molecule has 2 N–H and O–H groups in total. The molecule has 0 radical (unpaired) electrons. The standard InChI is InChI=1S/C16H20ClNO3/c1-10(11-5-4-6-12(17)9-11)18-15(19)13-7-2-3-8-14(13)16(20)21/h4-6,9-10,13-14H,2-3,7-8H2,1H3,(H,18,19)(H,20,21)/t10-,13?,14?/m0/s1. The third kappa shape index (κ3) is 3.97. The van der Waals surface area contributed by atoms with Crippen molar-refractivity contribution in [3.63, 3.8) is 0 Å². The van der Waals surface area contributed by atoms with Gasteiger partial charge in [-0.3, -0.25) is 9.59 Å². The number of hydrogen-bond acceptors (Lipinski definition) is 2. The van der Waals surface area contributed by atoms with Crippen LogP contribution in [0.15, 0.2) is 24.3 Å². The number of rotatable bonds is 4. The molecular formula is C16H20ClNO3. The molecule has 1 saturated carbocycles. The van der Waals surface area contributed by atoms with Crippen LogP contribution in [0.2, 0.25) is 5.02 Å². The minimum Gasteiger partial charge on any atom is -0.481 e. The molecule has 0 spiro atoms. The molecule has 5 heteroatoms. The highest BCUT2D eigenvalue weighted by Gasteiger charge is 2.36. The first-order valence-corrected chi connectivity index (χ1v) is 7.65. The Morgan fingerprint density at radius 1 is 1.29 bits per heavy atom. The van der Waals surface area contributed by atoms with Crippen molar-refractivity contribution in [3.05, 3.63) is 34.9 Å². The third-order valence-corrected chi connectivity index (χ3v) is 4.36. The van der Waals surface area contributed by atoms with Gasteiger partial charge in [0.25, 0.3) is 0 Å². The van der Waals surface area contributed by atoms with E-state index in [2.05, 4.69) is 5.32 Å². The lowest BCUT2D eigenvalue weighted by atomic mass is 9.78. The normalized spacial score (nSPS) is 23.3. The zero-order valence-electron chi connectivity index (χ0n) is 12.0. The van der Waals surface area contributed by atoms with E-state index in [1.54, 1.807) is 6.07 Å². The Morgan fingerprint density at radius 3 is 2.57 bits per heavy atom. The number of amides is 1. The molecule has 114 valence electrons. The summed E-state index contributed by atoms with van der Waals surface area (Å²) >= 11 is 5.95. The van der Waals surface area contributed by atoms with Crippen LogP contribution in [0.3, 0.4) is 0 Å². The second-order valence-corrected chi connectivity index (χ2v) is 6.06. The van der Waals surface area contributed by atoms with Crippen molar-refractivity contribution in [1.82, 2.24) is 5.32 Å². The number of benzene rings is 1. The molecule has 0 bridgehead atoms. The first-order chi connectivity index (χ1) is 9.99. The highest BCUT2D eigenvalue weighted by atomic mass is 35.5. The summed E-state index contributed by atoms with van der Waals surface area (Å²) in [5, 5.41) is 12.8. The van der Waals surface area contributed by atoms with Gasteiger partial charge in [-0.15, -0.1) is 0 Å². The van der Waals surface area contributed by atoms with Crippen molar-refractivity contribution in [2.75, 3.05) is 0 Å². The Morgan fingerprint density at radius 2 is 1.95 bits per heavy atom. The van der Waals surface area contributed by atoms with Gasteiger partial charge in [-0.05, 0) is 37.5 Å². The van der Waals surface area contributed by atoms with E-state index in [0.717, 1.165) is 18.4 Å². The van der Waals surface area contributed by atoms with E-state index in [4.69, 9.17) is 11.6 Å². The molecule has 2 rings (SSSR count). The summed E-state index contributed by atoms with van der Waals surface area (Å²) in [6.45, 7) is 1.88. The van der Waals surface area contributed by atoms with Crippen LogP contribution in [0.25, 0.3) is 0 Å². The van der Waals surface area contributed by atoms with Gasteiger partial charge in [0.15, 0.2) is 0 Å². The number of carbonyl (C=O) groups excluding carboxylic acids is 1. The van der Waals surface area contributed by atoms with Gasteiger partial charge in [-0.2, -0.15) is 0 Å². The Bertz CT molecular complexity index is 532. The molecule has 1 aliphatic rings. The molecule has 0 saturated heterocycles. The van der Waals surface area contributed by atoms with Crippen LogP contribution in [-0.4, -0.2) is 17.0 Å². The molecule has 0 heterocycles. The van der Waals surface area contributed by atoms with Gasteiger partial charge in [0.05, 0.1) is 17.9 Å². The summed E-state index contributed by atoms with van der Waals surface area (Å²) < 4.78 is 0. The molecule has 2 unspecified atom stereocenters. The van der Waals surface area contributed by atoms with Gasteiger partial charge in [-0.25, -0.2) is 0 Å². The monoisotopic (exact) mass is 309 g/mol. The van der Waals surface area contributed by atoms with Crippen molar-refractivity contribution in [1.29, 1.82) is 0 Å². The zero-order chi connectivity index (χ0) is 15.4. The Balaban J connectivity index is 2.04. The first-order valence-electron chi connectivity index (χ1n) is 7.27. The molecular weight excluding hydrogens is 290 g/mol. The molecule has 4 nitrogen and oxygen atoms in total. The second kappa shape index (κ2) is 6.94. The number of carboxylic acid groups (broad SMARTS) is 1. The minimum atomic E-state index is -0.870. The molecule has 1 fully saturated rings. The van der Waals surface area contributed by atoms with Crippen LogP contribution in [0.4, 0.5) is 0 Å². The van der Waals surface area contributed by atoms with Crippen LogP contribution in [0, 0.1) is 11.8 Å². The van der Waals surface area contributed by atoms with Crippen LogP contribution in [-0.2, 0) is 9.59 Å². The fourth-order valence-corrected chi connectivity index (χ4v) is 3.12. The van der Waals surface area contributed by atoms with Crippen molar-refractivity contribution in [2.45, 2.75) is 38.6 Å². The summed E-state index contributed by atoms with van der Waals surface area (Å²) in [6.07, 6.45) is 3.02. The van der Waals surface area contributed by atoms with E-state index < -0.39 is 17.8 Å². The summed E-state index contributed by atoms with van der Waals surface area (Å²) in [4.78, 5) is 23.6. The van der Waals surface area contributed by atoms with Crippen molar-refractivity contribution in [3.8, 4) is 0 Å². The number of aliphatic carboxylic acids is 1. The Kier molecular flexibility index (Phi) is 5.23. The summed E-state index contributed by atoms with van der Waals surface area (Å²) in [5.74, 6) is -2.04. The number of halogens is 1. The van der Waals surface area contributed by atoms with Crippen molar-refractivity contribution in [2.24, 2.45) is 11.8 Å². The number of nitrogens with one attached hydrogen (secondary N) is 1. The molecule has 21 heavy (non-hydrogen) atoms. The van der Waals surface area contributed by atoms with E-state index in [9.17, 15) is 14.7 Å². The maximum absolute atomic E-state index is 12.4. The van der Waals surface area contributed by atoms with Gasteiger partial charge in [0.1, 0.15) is 0 Å². The first kappa shape index (κ1) is 15.8. The quantitative estimate of drug-likeness (QED) is 0.895. The molecule has 1 amide bonds. The van der Waals surface area contributed by atoms with Crippen molar-refractivity contribution >= 4 is 23.5 Å². The summed E-state index contributed by atoms with van der Waals surface area (Å²) in [7, 11) is 0. The average molecular weight is 310 g/mol. The number of hydrogen-bond donors (Lipinski definition) is 2. The highest BCUT2D eigenvalue weighted by Crippen LogP contribution is 2.31. The maximum atomic E-state index is 12.4. The lowest BCUT2D eigenvalue weighted by Gasteiger charge is -2.28. The molecule has 1 aliphatic carbocycles. The predicted molar refractivity (Wildman–Crippen MR) is 81.1 cm³/mol. The zero-order valence-corrected chi connectivity index (χ0v) is 12.8. The van der Waals surface area contributed by atoms with Gasteiger partial charge < -0.3 is 10.4 Å². The Hall–Kier alpha value is -1.55. The van der Waals surface area contributed by atoms with Crippen LogP contribution < -0.4 is 5.32 Å². The molecule has 3 atom stereocenters. The van der Waals surface area contributed by atoms with Gasteiger partial charge in [-0.1, -0.05) is 36.6 Å². The fourth-order valence-electron chi connectivity index (χ4n) is 2.92. The van der Waals surface area contributed by atoms with Crippen LogP contribution in [0.1, 0.15) is 44.2 Å². The lowest BCUT2D eigenvalue weighted by Crippen LogP contribution is -2.40. The van der Waals surface area contributed by atoms with E-state index in [0.29, 0.717) is 17.9 Å². The summed E-state index contributed by atoms with van der Waals surface area (Å²) in [5.41, 5.74) is 0.915. The third-order valence-electron chi connectivity index (χ3n) is 4.13. The lowest BCUT2D eigenvalue weighted by molar-refractivity contribution is -0.149. The van der Waals surface area contributed by atoms with Crippen molar-refractivity contribution < 1.29 is 14.7 Å². The maximum Gasteiger partial charge on any atom is 0.307 e. The molecule has 1 aromatic carbocycles. The summed E-state index contributed by atoms with van der Waals surface area (Å²) in [6, 6.07) is 7.13. The average Bonchev–Trinajstić information content (AvgIpc) is 2.47. The minimum absolute atomic E-state index is 0.172. The largest absolute Gasteiger partial charge is 0.481 e. The van der Waals surface area contributed by atoms with Gasteiger partial charge in [0, 0.05) is 5.02 Å². The fraction of sp³-hybridized carbons (Fsp3) is 0.500. The molecule has 0 aromatic heterocycles. The van der Waals surface area contributed by atoms with Gasteiger partial charge >= 0.3 is 5.97 Å². The molecule has 0 aliphatic heterocycles. The van der Waals surface area contributed by atoms with E-state index >= 15 is 0 Å². The molecule has 1 aromatic rings. The van der Waals surface area contributed by atoms with E-state index in [1.165, 1.54) is 0 Å². The topological polar surface area (TPSA) is 66.4 Å². The SMILES string of the molecule is C[C@H](NC(=O)C1CCCCC1C(=O)O)c1cccc(Cl)c1. The smallest absolute Gasteiger partial charge is 0.307 e. The van der Waals surface area contributed by atoms with Crippen LogP contribution in [0.5, 0.6) is 0 Å². The van der Waals surface area contributed by atoms with E-state index in [1.807, 2.05) is 25.1 Å². The highest BCUT2D eigenvalue weighted by molar-refractivity contribution is 6.30. The van der Waals surface area contributed by atoms with E-state index in [-0.39, 0.29) is 11.9 Å². The number of carbonyl (C=O) groups is 2. The second-order valence-electron chi connectivity index (χ2n) is 5.62. The van der Waals surface area contributed by atoms with Crippen LogP contribution >= 0.6 is 11.6 Å².